The first-order chi connectivity index (χ1) is 12.1. The molecule has 0 unspecified atom stereocenters. The molecule has 0 fully saturated rings. The normalized spacial score (nSPS) is 12.2. The number of carbonyl (C=O) groups excluding carboxylic acids is 1. The van der Waals surface area contributed by atoms with Gasteiger partial charge in [-0.1, -0.05) is 20.8 Å². The summed E-state index contributed by atoms with van der Waals surface area (Å²) >= 11 is 0. The third-order valence-corrected chi connectivity index (χ3v) is 5.54. The van der Waals surface area contributed by atoms with Crippen LogP contribution in [0.5, 0.6) is 0 Å². The minimum absolute atomic E-state index is 0.0689. The fraction of sp³-hybridized carbons (Fsp3) is 0.632. The van der Waals surface area contributed by atoms with Gasteiger partial charge in [0.1, 0.15) is 5.69 Å². The van der Waals surface area contributed by atoms with Crippen molar-refractivity contribution in [2.24, 2.45) is 0 Å². The van der Waals surface area contributed by atoms with Crippen molar-refractivity contribution in [3.8, 4) is 0 Å². The molecule has 0 radical (unpaired) electrons. The van der Waals surface area contributed by atoms with Crippen LogP contribution in [0.25, 0.3) is 0 Å². The van der Waals surface area contributed by atoms with Crippen molar-refractivity contribution in [1.82, 2.24) is 0 Å². The van der Waals surface area contributed by atoms with Crippen molar-refractivity contribution in [3.63, 3.8) is 0 Å². The molecule has 0 aliphatic heterocycles. The van der Waals surface area contributed by atoms with Crippen LogP contribution >= 0.6 is 0 Å². The van der Waals surface area contributed by atoms with Crippen molar-refractivity contribution >= 4 is 21.8 Å². The molecule has 0 spiro atoms. The molecule has 0 aliphatic carbocycles. The van der Waals surface area contributed by atoms with E-state index in [0.29, 0.717) is 13.0 Å². The molecule has 3 N–H and O–H groups in total. The number of esters is 1. The average Bonchev–Trinajstić information content (AvgIpc) is 2.57. The zero-order valence-corrected chi connectivity index (χ0v) is 17.1. The molecule has 0 saturated heterocycles. The first-order valence-corrected chi connectivity index (χ1v) is 10.7. The summed E-state index contributed by atoms with van der Waals surface area (Å²) in [6, 6.07) is 4.77. The monoisotopic (exact) mass is 386 g/mol. The molecule has 0 aromatic heterocycles. The van der Waals surface area contributed by atoms with Crippen molar-refractivity contribution in [2.45, 2.75) is 70.1 Å². The van der Waals surface area contributed by atoms with E-state index in [1.54, 1.807) is 19.1 Å². The van der Waals surface area contributed by atoms with Gasteiger partial charge in [-0.05, 0) is 50.2 Å². The molecule has 1 aromatic rings. The van der Waals surface area contributed by atoms with Gasteiger partial charge in [0.2, 0.25) is 0 Å². The van der Waals surface area contributed by atoms with E-state index in [9.17, 15) is 17.8 Å². The number of ether oxygens (including phenoxy) is 1. The molecular formula is C19H32NO5S+. The molecule has 148 valence electrons. The summed E-state index contributed by atoms with van der Waals surface area (Å²) in [6.07, 6.45) is 3.99. The highest BCUT2D eigenvalue weighted by Gasteiger charge is 2.26. The minimum atomic E-state index is -4.21. The number of hydrogen-bond donors (Lipinski definition) is 2. The fourth-order valence-electron chi connectivity index (χ4n) is 2.73. The summed E-state index contributed by atoms with van der Waals surface area (Å²) in [5, 5.41) is 2.10. The molecule has 6 nitrogen and oxygen atoms in total. The van der Waals surface area contributed by atoms with Crippen molar-refractivity contribution in [2.75, 3.05) is 13.2 Å². The Morgan fingerprint density at radius 3 is 2.46 bits per heavy atom. The van der Waals surface area contributed by atoms with E-state index in [2.05, 4.69) is 26.1 Å². The van der Waals surface area contributed by atoms with Crippen LogP contribution in [0.4, 0.5) is 5.69 Å². The van der Waals surface area contributed by atoms with Gasteiger partial charge in [-0.15, -0.1) is 0 Å². The number of benzene rings is 1. The van der Waals surface area contributed by atoms with Crippen LogP contribution in [0.15, 0.2) is 23.1 Å². The lowest BCUT2D eigenvalue weighted by molar-refractivity contribution is -0.572. The SMILES string of the molecule is CCOC(=O)CCCCC[NH2+]c1ccc(S(=O)(=O)O)cc1C(C)(C)CC. The Labute approximate surface area is 157 Å². The largest absolute Gasteiger partial charge is 0.466 e. The maximum atomic E-state index is 11.5. The van der Waals surface area contributed by atoms with E-state index >= 15 is 0 Å². The molecule has 1 aromatic carbocycles. The third kappa shape index (κ3) is 7.05. The predicted octanol–water partition coefficient (Wildman–Crippen LogP) is 2.94. The van der Waals surface area contributed by atoms with E-state index < -0.39 is 10.1 Å². The lowest BCUT2D eigenvalue weighted by Gasteiger charge is -2.25. The van der Waals surface area contributed by atoms with Gasteiger partial charge >= 0.3 is 5.97 Å². The number of hydrogen-bond acceptors (Lipinski definition) is 4. The second-order valence-corrected chi connectivity index (χ2v) is 8.49. The van der Waals surface area contributed by atoms with Gasteiger partial charge in [0.25, 0.3) is 10.1 Å². The Morgan fingerprint density at radius 2 is 1.88 bits per heavy atom. The molecule has 1 rings (SSSR count). The van der Waals surface area contributed by atoms with E-state index in [4.69, 9.17) is 4.74 Å². The highest BCUT2D eigenvalue weighted by molar-refractivity contribution is 7.85. The number of nitrogens with two attached hydrogens (primary N) is 1. The Morgan fingerprint density at radius 1 is 1.19 bits per heavy atom. The van der Waals surface area contributed by atoms with Gasteiger partial charge in [-0.2, -0.15) is 8.42 Å². The zero-order chi connectivity index (χ0) is 19.8. The van der Waals surface area contributed by atoms with Crippen molar-refractivity contribution in [3.05, 3.63) is 23.8 Å². The number of unbranched alkanes of at least 4 members (excludes halogenated alkanes) is 2. The molecule has 26 heavy (non-hydrogen) atoms. The molecule has 0 heterocycles. The van der Waals surface area contributed by atoms with Gasteiger partial charge in [0.05, 0.1) is 18.0 Å². The number of carbonyl (C=O) groups is 1. The second kappa shape index (κ2) is 10.0. The summed E-state index contributed by atoms with van der Waals surface area (Å²) < 4.78 is 37.1. The van der Waals surface area contributed by atoms with Crippen LogP contribution in [-0.4, -0.2) is 32.1 Å². The van der Waals surface area contributed by atoms with E-state index in [-0.39, 0.29) is 16.3 Å². The maximum absolute atomic E-state index is 11.5. The topological polar surface area (TPSA) is 97.3 Å². The number of quaternary nitrogens is 1. The standard InChI is InChI=1S/C19H31NO5S/c1-5-19(3,4)16-14-15(26(22,23)24)11-12-17(16)20-13-9-7-8-10-18(21)25-6-2/h11-12,14,20H,5-10,13H2,1-4H3,(H,22,23,24)/p+1. The first-order valence-electron chi connectivity index (χ1n) is 9.22. The van der Waals surface area contributed by atoms with E-state index in [1.165, 1.54) is 6.07 Å². The molecule has 7 heteroatoms. The Kier molecular flexibility index (Phi) is 8.73. The molecule has 0 atom stereocenters. The molecule has 0 amide bonds. The van der Waals surface area contributed by atoms with Gasteiger partial charge < -0.3 is 10.1 Å². The Hall–Kier alpha value is -1.44. The second-order valence-electron chi connectivity index (χ2n) is 7.07. The minimum Gasteiger partial charge on any atom is -0.466 e. The van der Waals surface area contributed by atoms with Crippen molar-refractivity contribution < 1.29 is 27.8 Å². The molecule has 0 aliphatic rings. The smallest absolute Gasteiger partial charge is 0.305 e. The predicted molar refractivity (Wildman–Crippen MR) is 101 cm³/mol. The van der Waals surface area contributed by atoms with Gasteiger partial charge in [0.15, 0.2) is 0 Å². The van der Waals surface area contributed by atoms with Gasteiger partial charge in [-0.25, -0.2) is 0 Å². The summed E-state index contributed by atoms with van der Waals surface area (Å²) in [4.78, 5) is 11.2. The molecular weight excluding hydrogens is 354 g/mol. The van der Waals surface area contributed by atoms with Crippen LogP contribution in [0.3, 0.4) is 0 Å². The summed E-state index contributed by atoms with van der Waals surface area (Å²) in [5.74, 6) is -0.149. The molecule has 0 saturated carbocycles. The first kappa shape index (κ1) is 22.6. The summed E-state index contributed by atoms with van der Waals surface area (Å²) in [7, 11) is -4.21. The van der Waals surface area contributed by atoms with E-state index in [0.717, 1.165) is 43.5 Å². The van der Waals surface area contributed by atoms with Crippen LogP contribution < -0.4 is 5.32 Å². The van der Waals surface area contributed by atoms with E-state index in [1.807, 2.05) is 0 Å². The summed E-state index contributed by atoms with van der Waals surface area (Å²) in [6.45, 7) is 9.25. The Bertz CT molecular complexity index is 698. The Balaban J connectivity index is 2.70. The van der Waals surface area contributed by atoms with Crippen LogP contribution in [0.2, 0.25) is 0 Å². The number of rotatable bonds is 11. The fourth-order valence-corrected chi connectivity index (χ4v) is 3.24. The summed E-state index contributed by atoms with van der Waals surface area (Å²) in [5.41, 5.74) is 1.72. The van der Waals surface area contributed by atoms with Crippen LogP contribution in [0, 0.1) is 0 Å². The highest BCUT2D eigenvalue weighted by Crippen LogP contribution is 2.32. The highest BCUT2D eigenvalue weighted by atomic mass is 32.2. The third-order valence-electron chi connectivity index (χ3n) is 4.69. The lowest BCUT2D eigenvalue weighted by atomic mass is 9.81. The molecule has 0 bridgehead atoms. The maximum Gasteiger partial charge on any atom is 0.305 e. The lowest BCUT2D eigenvalue weighted by Crippen LogP contribution is -2.78. The zero-order valence-electron chi connectivity index (χ0n) is 16.2. The van der Waals surface area contributed by atoms with Crippen molar-refractivity contribution in [1.29, 1.82) is 0 Å². The van der Waals surface area contributed by atoms with Crippen LogP contribution in [0.1, 0.15) is 65.4 Å². The quantitative estimate of drug-likeness (QED) is 0.264. The average molecular weight is 387 g/mol. The van der Waals surface area contributed by atoms with Crippen LogP contribution in [-0.2, 0) is 25.1 Å². The van der Waals surface area contributed by atoms with Gasteiger partial charge in [0, 0.05) is 18.1 Å². The van der Waals surface area contributed by atoms with Gasteiger partial charge in [-0.3, -0.25) is 9.35 Å².